The van der Waals surface area contributed by atoms with Gasteiger partial charge in [0.2, 0.25) is 0 Å². The topological polar surface area (TPSA) is 63.0 Å². The molecule has 0 radical (unpaired) electrons. The molecule has 0 aliphatic rings. The van der Waals surface area contributed by atoms with Crippen LogP contribution in [0, 0.1) is 11.3 Å². The molecular formula is C8H3Cl3N2O2. The summed E-state index contributed by atoms with van der Waals surface area (Å²) in [5.74, 6) is -0.819. The average molecular weight is 265 g/mol. The maximum absolute atomic E-state index is 11.3. The van der Waals surface area contributed by atoms with E-state index in [0.29, 0.717) is 0 Å². The van der Waals surface area contributed by atoms with Crippen LogP contribution in [0.1, 0.15) is 10.5 Å². The number of carbonyl (C=O) groups is 1. The lowest BCUT2D eigenvalue weighted by molar-refractivity contribution is 0.0548. The number of pyridine rings is 1. The summed E-state index contributed by atoms with van der Waals surface area (Å²) in [7, 11) is 0. The molecule has 0 fully saturated rings. The van der Waals surface area contributed by atoms with Crippen molar-refractivity contribution in [2.24, 2.45) is 0 Å². The predicted octanol–water partition coefficient (Wildman–Crippen LogP) is 2.72. The molecule has 0 N–H and O–H groups in total. The summed E-state index contributed by atoms with van der Waals surface area (Å²) in [5, 5.41) is 8.27. The van der Waals surface area contributed by atoms with Crippen molar-refractivity contribution >= 4 is 40.8 Å². The molecule has 4 nitrogen and oxygen atoms in total. The van der Waals surface area contributed by atoms with Crippen LogP contribution in [0.4, 0.5) is 0 Å². The molecule has 0 amide bonds. The van der Waals surface area contributed by atoms with Gasteiger partial charge in [0.15, 0.2) is 12.3 Å². The van der Waals surface area contributed by atoms with Gasteiger partial charge in [-0.25, -0.2) is 9.78 Å². The number of aromatic nitrogens is 1. The summed E-state index contributed by atoms with van der Waals surface area (Å²) in [6.45, 7) is -0.378. The lowest BCUT2D eigenvalue weighted by atomic mass is 10.3. The number of nitrogens with zero attached hydrogens (tertiary/aromatic N) is 2. The molecule has 0 aromatic carbocycles. The summed E-state index contributed by atoms with van der Waals surface area (Å²) in [5.41, 5.74) is -0.165. The lowest BCUT2D eigenvalue weighted by Gasteiger charge is -2.04. The van der Waals surface area contributed by atoms with E-state index in [1.165, 1.54) is 6.20 Å². The van der Waals surface area contributed by atoms with E-state index in [-0.39, 0.29) is 27.4 Å². The summed E-state index contributed by atoms with van der Waals surface area (Å²) in [6.07, 6.45) is 1.18. The molecule has 15 heavy (non-hydrogen) atoms. The molecule has 1 heterocycles. The van der Waals surface area contributed by atoms with E-state index in [9.17, 15) is 4.79 Å². The number of hydrogen-bond acceptors (Lipinski definition) is 4. The first-order valence-electron chi connectivity index (χ1n) is 3.61. The molecule has 1 rings (SSSR count). The molecule has 7 heteroatoms. The first-order chi connectivity index (χ1) is 7.07. The smallest absolute Gasteiger partial charge is 0.359 e. The molecule has 78 valence electrons. The van der Waals surface area contributed by atoms with Gasteiger partial charge in [-0.1, -0.05) is 34.8 Å². The molecule has 0 aliphatic heterocycles. The minimum atomic E-state index is -0.819. The van der Waals surface area contributed by atoms with Gasteiger partial charge in [-0.2, -0.15) is 5.26 Å². The highest BCUT2D eigenvalue weighted by molar-refractivity contribution is 6.48. The van der Waals surface area contributed by atoms with Crippen LogP contribution in [-0.4, -0.2) is 17.6 Å². The number of carbonyl (C=O) groups excluding carboxylic acids is 1. The third-order valence-electron chi connectivity index (χ3n) is 1.38. The fraction of sp³-hybridized carbons (Fsp3) is 0.125. The van der Waals surface area contributed by atoms with Gasteiger partial charge in [0.25, 0.3) is 0 Å². The van der Waals surface area contributed by atoms with Gasteiger partial charge >= 0.3 is 5.97 Å². The van der Waals surface area contributed by atoms with Crippen LogP contribution in [0.2, 0.25) is 15.1 Å². The number of hydrogen-bond donors (Lipinski definition) is 0. The van der Waals surface area contributed by atoms with Gasteiger partial charge in [0.1, 0.15) is 6.07 Å². The minimum absolute atomic E-state index is 0.0252. The quantitative estimate of drug-likeness (QED) is 0.771. The molecule has 0 saturated heterocycles. The maximum atomic E-state index is 11.3. The Balaban J connectivity index is 3.01. The van der Waals surface area contributed by atoms with Crippen LogP contribution in [0.5, 0.6) is 0 Å². The summed E-state index contributed by atoms with van der Waals surface area (Å²) in [6, 6.07) is 1.64. The highest BCUT2D eigenvalue weighted by Gasteiger charge is 2.17. The number of ether oxygens (including phenoxy) is 1. The Morgan fingerprint density at radius 3 is 2.73 bits per heavy atom. The average Bonchev–Trinajstić information content (AvgIpc) is 2.23. The Morgan fingerprint density at radius 2 is 2.13 bits per heavy atom. The normalized spacial score (nSPS) is 9.47. The Labute approximate surface area is 100 Å². The van der Waals surface area contributed by atoms with Crippen molar-refractivity contribution in [1.29, 1.82) is 5.26 Å². The molecule has 0 spiro atoms. The van der Waals surface area contributed by atoms with E-state index in [2.05, 4.69) is 9.72 Å². The van der Waals surface area contributed by atoms with Crippen molar-refractivity contribution in [2.75, 3.05) is 6.61 Å². The molecule has 0 unspecified atom stereocenters. The van der Waals surface area contributed by atoms with Crippen molar-refractivity contribution in [3.8, 4) is 6.07 Å². The predicted molar refractivity (Wildman–Crippen MR) is 55.2 cm³/mol. The Bertz CT molecular complexity index is 442. The number of esters is 1. The van der Waals surface area contributed by atoms with E-state index >= 15 is 0 Å². The third-order valence-corrected chi connectivity index (χ3v) is 2.62. The largest absolute Gasteiger partial charge is 0.446 e. The van der Waals surface area contributed by atoms with E-state index < -0.39 is 5.97 Å². The zero-order valence-corrected chi connectivity index (χ0v) is 9.40. The number of halogens is 3. The van der Waals surface area contributed by atoms with Gasteiger partial charge in [0, 0.05) is 6.20 Å². The summed E-state index contributed by atoms with van der Waals surface area (Å²) < 4.78 is 4.50. The lowest BCUT2D eigenvalue weighted by Crippen LogP contribution is -2.08. The SMILES string of the molecule is N#CCOC(=O)c1ncc(Cl)c(Cl)c1Cl. The van der Waals surface area contributed by atoms with E-state index in [0.717, 1.165) is 0 Å². The standard InChI is InChI=1S/C8H3Cl3N2O2/c9-4-3-13-7(6(11)5(4)10)8(14)15-2-1-12/h3H,2H2. The van der Waals surface area contributed by atoms with E-state index in [1.54, 1.807) is 6.07 Å². The van der Waals surface area contributed by atoms with Gasteiger partial charge in [0.05, 0.1) is 15.1 Å². The third kappa shape index (κ3) is 2.72. The zero-order valence-electron chi connectivity index (χ0n) is 7.13. The summed E-state index contributed by atoms with van der Waals surface area (Å²) >= 11 is 17.0. The van der Waals surface area contributed by atoms with Crippen LogP contribution in [-0.2, 0) is 4.74 Å². The van der Waals surface area contributed by atoms with Gasteiger partial charge in [-0.3, -0.25) is 0 Å². The summed E-state index contributed by atoms with van der Waals surface area (Å²) in [4.78, 5) is 14.9. The Morgan fingerprint density at radius 1 is 1.47 bits per heavy atom. The maximum Gasteiger partial charge on any atom is 0.359 e. The minimum Gasteiger partial charge on any atom is -0.446 e. The van der Waals surface area contributed by atoms with E-state index in [1.807, 2.05) is 0 Å². The van der Waals surface area contributed by atoms with Crippen molar-refractivity contribution in [3.05, 3.63) is 27.0 Å². The van der Waals surface area contributed by atoms with Crippen LogP contribution in [0.25, 0.3) is 0 Å². The number of nitriles is 1. The second-order valence-electron chi connectivity index (χ2n) is 2.32. The Hall–Kier alpha value is -1.02. The molecule has 0 bridgehead atoms. The van der Waals surface area contributed by atoms with Gasteiger partial charge in [-0.15, -0.1) is 0 Å². The molecular weight excluding hydrogens is 262 g/mol. The van der Waals surface area contributed by atoms with Crippen LogP contribution in [0.3, 0.4) is 0 Å². The monoisotopic (exact) mass is 264 g/mol. The van der Waals surface area contributed by atoms with Crippen molar-refractivity contribution in [3.63, 3.8) is 0 Å². The highest BCUT2D eigenvalue weighted by Crippen LogP contribution is 2.31. The van der Waals surface area contributed by atoms with Crippen molar-refractivity contribution < 1.29 is 9.53 Å². The zero-order chi connectivity index (χ0) is 11.4. The first kappa shape index (κ1) is 12.1. The second kappa shape index (κ2) is 5.17. The van der Waals surface area contributed by atoms with Crippen LogP contribution < -0.4 is 0 Å². The Kier molecular flexibility index (Phi) is 4.15. The molecule has 0 atom stereocenters. The van der Waals surface area contributed by atoms with Crippen LogP contribution >= 0.6 is 34.8 Å². The number of rotatable bonds is 2. The van der Waals surface area contributed by atoms with Gasteiger partial charge in [-0.05, 0) is 0 Å². The molecule has 0 aliphatic carbocycles. The first-order valence-corrected chi connectivity index (χ1v) is 4.75. The fourth-order valence-electron chi connectivity index (χ4n) is 0.752. The molecule has 1 aromatic rings. The van der Waals surface area contributed by atoms with E-state index in [4.69, 9.17) is 40.1 Å². The van der Waals surface area contributed by atoms with Crippen molar-refractivity contribution in [2.45, 2.75) is 0 Å². The fourth-order valence-corrected chi connectivity index (χ4v) is 1.31. The van der Waals surface area contributed by atoms with Gasteiger partial charge < -0.3 is 4.74 Å². The molecule has 0 saturated carbocycles. The highest BCUT2D eigenvalue weighted by atomic mass is 35.5. The molecule has 1 aromatic heterocycles. The van der Waals surface area contributed by atoms with Crippen molar-refractivity contribution in [1.82, 2.24) is 4.98 Å². The second-order valence-corrected chi connectivity index (χ2v) is 3.48. The van der Waals surface area contributed by atoms with Crippen LogP contribution in [0.15, 0.2) is 6.20 Å².